The first-order valence-electron chi connectivity index (χ1n) is 32.6. The van der Waals surface area contributed by atoms with Gasteiger partial charge in [0.1, 0.15) is 177 Å². The number of aliphatic hydroxyl groups excluding tert-OH is 20. The van der Waals surface area contributed by atoms with Crippen molar-refractivity contribution in [3.05, 3.63) is 35.4 Å². The van der Waals surface area contributed by atoms with Gasteiger partial charge >= 0.3 is 0 Å². The van der Waals surface area contributed by atoms with Gasteiger partial charge in [0.25, 0.3) is 5.91 Å². The predicted octanol–water partition coefficient (Wildman–Crippen LogP) is -10.8. The summed E-state index contributed by atoms with van der Waals surface area (Å²) in [6.07, 6.45) is -69.2. The van der Waals surface area contributed by atoms with Gasteiger partial charge in [-0.1, -0.05) is 12.1 Å². The fraction of sp³-hybridized carbons (Fsp3) is 0.883. The average Bonchev–Trinajstić information content (AvgIpc) is 0.776. The smallest absolute Gasteiger partial charge is 0.251 e. The van der Waals surface area contributed by atoms with Gasteiger partial charge in [0.15, 0.2) is 44.0 Å². The summed E-state index contributed by atoms with van der Waals surface area (Å²) in [6.45, 7) is 3.18. The molecule has 23 rings (SSSR count). The zero-order valence-corrected chi connectivity index (χ0v) is 54.1. The van der Waals surface area contributed by atoms with Gasteiger partial charge in [-0.05, 0) is 71.6 Å². The van der Waals surface area contributed by atoms with Crippen molar-refractivity contribution in [2.45, 2.75) is 286 Å². The Balaban J connectivity index is 0.930. The molecule has 14 bridgehead atoms. The van der Waals surface area contributed by atoms with Crippen molar-refractivity contribution in [2.75, 3.05) is 46.2 Å². The lowest BCUT2D eigenvalue weighted by molar-refractivity contribution is -0.396. The van der Waals surface area contributed by atoms with E-state index >= 15 is 0 Å². The van der Waals surface area contributed by atoms with Crippen molar-refractivity contribution < 1.29 is 178 Å². The summed E-state index contributed by atoms with van der Waals surface area (Å²) < 4.78 is 81.8. The molecule has 22 fully saturated rings. The summed E-state index contributed by atoms with van der Waals surface area (Å²) in [5.41, 5.74) is 0.254. The summed E-state index contributed by atoms with van der Waals surface area (Å²) in [5.74, 6) is -0.738. The molecule has 1 aromatic rings. The number of carbonyl (C=O) groups is 1. The zero-order chi connectivity index (χ0) is 71.3. The molecule has 21 N–H and O–H groups in total. The normalized spacial score (nSPS) is 48.5. The molecule has 0 saturated carbocycles. The second-order valence-electron chi connectivity index (χ2n) is 27.3. The molecule has 22 heterocycles. The van der Waals surface area contributed by atoms with Crippen LogP contribution in [0.3, 0.4) is 0 Å². The molecule has 98 heavy (non-hydrogen) atoms. The minimum Gasteiger partial charge on any atom is -0.394 e. The Hall–Kier alpha value is -2.75. The van der Waals surface area contributed by atoms with Crippen molar-refractivity contribution in [1.82, 2.24) is 10.4 Å². The van der Waals surface area contributed by atoms with Crippen LogP contribution >= 0.6 is 0 Å². The maximum absolute atomic E-state index is 14.0. The van der Waals surface area contributed by atoms with E-state index in [9.17, 15) is 107 Å². The van der Waals surface area contributed by atoms with Gasteiger partial charge in [-0.3, -0.25) is 9.63 Å². The minimum atomic E-state index is -2.27. The molecule has 22 aliphatic rings. The molecule has 38 heteroatoms. The number of carbonyl (C=O) groups excluding carboxylic acids is 1. The highest BCUT2D eigenvalue weighted by Crippen LogP contribution is 2.42. The number of hydrogen-bond acceptors (Lipinski definition) is 37. The number of nitrogens with one attached hydrogen (secondary N) is 1. The number of hydrogen-bond donors (Lipinski definition) is 21. The summed E-state index contributed by atoms with van der Waals surface area (Å²) in [6, 6.07) is 6.40. The van der Waals surface area contributed by atoms with E-state index in [4.69, 9.17) is 71.2 Å². The third-order valence-electron chi connectivity index (χ3n) is 19.6. The SMILES string of the molecule is CC(ON1C(C)(C)CCCC1(C)C)c1ccc(C(=O)NC[C@H]2O[C@@H]3O[C@H]4[C@H](O)[C@@H](O)[C@@H](O[C@H]5[C@H](O)[C@@H](O)[C@@H](O[C@H]6[C@H](O)[C@@H](O)[C@@H](O[C@H]7[C@H](O)[C@@H](O)[C@@H](O[C@H]8[C@H](O)[C@@H](O)[C@@H](O[C@H]9[C@H](O)[C@@H](O)[C@@H](O[C@H]2[C@H](O)[C@H]3O)O[C@@H]9CO)O[C@@H]8CO)O[C@@H]7CO)O[C@@H]6CO)O[C@@H]5CO)O[C@@H]4CO)cc1. The summed E-state index contributed by atoms with van der Waals surface area (Å²) >= 11 is 0. The highest BCUT2D eigenvalue weighted by atomic mass is 16.8. The van der Waals surface area contributed by atoms with E-state index in [1.165, 1.54) is 12.1 Å². The van der Waals surface area contributed by atoms with Gasteiger partial charge in [-0.25, -0.2) is 0 Å². The Morgan fingerprint density at radius 2 is 0.612 bits per heavy atom. The molecule has 22 saturated heterocycles. The molecule has 562 valence electrons. The first-order chi connectivity index (χ1) is 46.4. The highest BCUT2D eigenvalue weighted by molar-refractivity contribution is 5.94. The van der Waals surface area contributed by atoms with E-state index in [0.717, 1.165) is 19.3 Å². The van der Waals surface area contributed by atoms with Gasteiger partial charge < -0.3 is 174 Å². The Kier molecular flexibility index (Phi) is 25.7. The largest absolute Gasteiger partial charge is 0.394 e. The van der Waals surface area contributed by atoms with Crippen LogP contribution in [0.15, 0.2) is 24.3 Å². The molecule has 0 radical (unpaired) electrons. The lowest BCUT2D eigenvalue weighted by Crippen LogP contribution is -2.68. The number of hydroxylamine groups is 2. The highest BCUT2D eigenvalue weighted by Gasteiger charge is 2.60. The van der Waals surface area contributed by atoms with E-state index in [-0.39, 0.29) is 16.6 Å². The van der Waals surface area contributed by atoms with Crippen molar-refractivity contribution >= 4 is 5.91 Å². The van der Waals surface area contributed by atoms with E-state index in [0.29, 0.717) is 5.56 Å². The number of nitrogens with zero attached hydrogens (tertiary/aromatic N) is 1. The summed E-state index contributed by atoms with van der Waals surface area (Å²) in [5, 5.41) is 230. The zero-order valence-electron chi connectivity index (χ0n) is 54.1. The van der Waals surface area contributed by atoms with Crippen LogP contribution < -0.4 is 5.32 Å². The van der Waals surface area contributed by atoms with Crippen LogP contribution in [0.2, 0.25) is 0 Å². The number of ether oxygens (including phenoxy) is 14. The molecule has 36 atom stereocenters. The number of benzene rings is 1. The Bertz CT molecular complexity index is 2670. The van der Waals surface area contributed by atoms with Crippen LogP contribution in [0.4, 0.5) is 0 Å². The maximum Gasteiger partial charge on any atom is 0.251 e. The molecule has 22 aliphatic heterocycles. The average molecular weight is 1420 g/mol. The Morgan fingerprint density at radius 1 is 0.388 bits per heavy atom. The van der Waals surface area contributed by atoms with E-state index < -0.39 is 273 Å². The molecule has 1 unspecified atom stereocenters. The van der Waals surface area contributed by atoms with Crippen LogP contribution in [0.5, 0.6) is 0 Å². The molecule has 1 amide bonds. The molecule has 0 aromatic heterocycles. The molecule has 38 nitrogen and oxygen atoms in total. The molecule has 1 aromatic carbocycles. The summed E-state index contributed by atoms with van der Waals surface area (Å²) in [7, 11) is 0. The lowest BCUT2D eigenvalue weighted by Gasteiger charge is -2.52. The van der Waals surface area contributed by atoms with Crippen molar-refractivity contribution in [2.24, 2.45) is 0 Å². The molecular formula is C60H96N2O36. The molecule has 0 aliphatic carbocycles. The lowest BCUT2D eigenvalue weighted by atomic mass is 9.82. The maximum atomic E-state index is 14.0. The van der Waals surface area contributed by atoms with Crippen molar-refractivity contribution in [3.8, 4) is 0 Å². The third-order valence-corrected chi connectivity index (χ3v) is 19.6. The number of amides is 1. The van der Waals surface area contributed by atoms with Crippen LogP contribution in [0.25, 0.3) is 0 Å². The third kappa shape index (κ3) is 15.8. The standard InChI is InChI=1S/C60H96N2O36/c1-20(98-62-59(2,3)11-6-12-60(62,4)5)21-7-9-22(10-8-21)51(83)61-13-23-44-30(69)37(76)52(84-23)92-45-24(14-63)86-54(39(78)32(45)71)94-47-26(16-65)88-56(41(80)34(47)73)96-49-28(18-67)90-58(43(82)36(49)75)97-50-29(19-68)89-57(42(81)35(50)74)95-48-27(17-66)87-55(40(79)33(48)72)93-46-25(15-64)85-53(91-44)38(77)31(46)70/h7-10,20,23-50,52-58,63-82H,6,11-19H2,1-5H3,(H,61,83)/t20?,23-,24-,25-,26-,27-,28-,29-,30-,31-,32-,33-,34-,35-,36-,37-,38-,39-,40-,41-,42-,43-,44-,45-,46-,47-,48-,49-,50-,52-,53-,54-,55-,56-,57-,58-/m1/s1. The Morgan fingerprint density at radius 3 is 0.847 bits per heavy atom. The fourth-order valence-corrected chi connectivity index (χ4v) is 14.1. The fourth-order valence-electron chi connectivity index (χ4n) is 14.1. The van der Waals surface area contributed by atoms with E-state index in [1.54, 1.807) is 12.1 Å². The van der Waals surface area contributed by atoms with Gasteiger partial charge in [0.2, 0.25) is 0 Å². The molecule has 0 spiro atoms. The van der Waals surface area contributed by atoms with Crippen molar-refractivity contribution in [1.29, 1.82) is 0 Å². The van der Waals surface area contributed by atoms with Crippen LogP contribution in [0, 0.1) is 0 Å². The predicted molar refractivity (Wildman–Crippen MR) is 313 cm³/mol. The Labute approximate surface area is 560 Å². The van der Waals surface area contributed by atoms with Crippen LogP contribution in [0.1, 0.15) is 75.9 Å². The van der Waals surface area contributed by atoms with E-state index in [1.807, 2.05) is 12.0 Å². The monoisotopic (exact) mass is 1420 g/mol. The van der Waals surface area contributed by atoms with Gasteiger partial charge in [-0.15, -0.1) is 0 Å². The number of aliphatic hydroxyl groups is 20. The summed E-state index contributed by atoms with van der Waals surface area (Å²) in [4.78, 5) is 20.6. The second-order valence-corrected chi connectivity index (χ2v) is 27.3. The first kappa shape index (κ1) is 77.9. The quantitative estimate of drug-likeness (QED) is 0.0924. The van der Waals surface area contributed by atoms with E-state index in [2.05, 4.69) is 33.0 Å². The van der Waals surface area contributed by atoms with Crippen molar-refractivity contribution in [3.63, 3.8) is 0 Å². The number of rotatable bonds is 12. The van der Waals surface area contributed by atoms with Gasteiger partial charge in [0.05, 0.1) is 39.6 Å². The van der Waals surface area contributed by atoms with Crippen LogP contribution in [-0.2, 0) is 71.2 Å². The minimum absolute atomic E-state index is 0.102. The first-order valence-corrected chi connectivity index (χ1v) is 32.6. The topological polar surface area (TPSA) is 575 Å². The number of piperidine rings is 1. The van der Waals surface area contributed by atoms with Crippen LogP contribution in [-0.4, -0.2) is 385 Å². The molecular weight excluding hydrogens is 1320 g/mol. The van der Waals surface area contributed by atoms with Gasteiger partial charge in [-0.2, -0.15) is 5.06 Å². The van der Waals surface area contributed by atoms with Gasteiger partial charge in [0, 0.05) is 23.2 Å². The second kappa shape index (κ2) is 32.3.